The van der Waals surface area contributed by atoms with Crippen molar-refractivity contribution < 1.29 is 4.79 Å². The van der Waals surface area contributed by atoms with Gasteiger partial charge in [-0.15, -0.1) is 11.3 Å². The molecule has 0 radical (unpaired) electrons. The predicted octanol–water partition coefficient (Wildman–Crippen LogP) is 4.84. The maximum Gasteiger partial charge on any atom is 0.258 e. The van der Waals surface area contributed by atoms with Crippen molar-refractivity contribution in [3.8, 4) is 0 Å². The lowest BCUT2D eigenvalue weighted by atomic mass is 10.0. The molecule has 1 amide bonds. The molecule has 3 aromatic rings. The van der Waals surface area contributed by atoms with Gasteiger partial charge >= 0.3 is 0 Å². The van der Waals surface area contributed by atoms with Gasteiger partial charge in [0.2, 0.25) is 0 Å². The summed E-state index contributed by atoms with van der Waals surface area (Å²) in [5.41, 5.74) is 5.81. The van der Waals surface area contributed by atoms with Gasteiger partial charge in [0.05, 0.1) is 23.0 Å². The van der Waals surface area contributed by atoms with Gasteiger partial charge in [0.15, 0.2) is 0 Å². The Labute approximate surface area is 151 Å². The van der Waals surface area contributed by atoms with Gasteiger partial charge in [-0.3, -0.25) is 9.78 Å². The van der Waals surface area contributed by atoms with E-state index in [0.29, 0.717) is 5.57 Å². The number of halogens is 1. The number of nitrogens with zero attached hydrogens (tertiary/aromatic N) is 1. The Kier molecular flexibility index (Phi) is 3.92. The summed E-state index contributed by atoms with van der Waals surface area (Å²) < 4.78 is 0.931. The molecule has 2 aromatic carbocycles. The minimum absolute atomic E-state index is 0.112. The molecular weight excluding hydrogens is 386 g/mol. The highest BCUT2D eigenvalue weighted by atomic mass is 79.9. The molecule has 4 rings (SSSR count). The lowest BCUT2D eigenvalue weighted by Crippen LogP contribution is -2.09. The number of amides is 1. The number of carbonyl (C=O) groups is 1. The third-order valence-corrected chi connectivity index (χ3v) is 4.90. The van der Waals surface area contributed by atoms with Crippen LogP contribution in [0.1, 0.15) is 11.1 Å². The maximum absolute atomic E-state index is 12.6. The highest BCUT2D eigenvalue weighted by Gasteiger charge is 2.28. The first kappa shape index (κ1) is 15.1. The molecule has 0 saturated carbocycles. The summed E-state index contributed by atoms with van der Waals surface area (Å²) in [6.45, 7) is 0. The molecule has 0 unspecified atom stereocenters. The van der Waals surface area contributed by atoms with Crippen LogP contribution in [-0.4, -0.2) is 10.9 Å². The van der Waals surface area contributed by atoms with E-state index < -0.39 is 0 Å². The number of rotatable bonds is 3. The monoisotopic (exact) mass is 397 g/mol. The van der Waals surface area contributed by atoms with E-state index in [1.165, 1.54) is 11.3 Å². The Balaban J connectivity index is 1.94. The lowest BCUT2D eigenvalue weighted by Gasteiger charge is -2.13. The Morgan fingerprint density at radius 3 is 2.75 bits per heavy atom. The van der Waals surface area contributed by atoms with Crippen LogP contribution in [0.3, 0.4) is 0 Å². The Hall–Kier alpha value is -2.44. The number of hydrogen-bond acceptors (Lipinski definition) is 4. The van der Waals surface area contributed by atoms with Crippen LogP contribution in [0.2, 0.25) is 0 Å². The normalized spacial score (nSPS) is 15.0. The van der Waals surface area contributed by atoms with E-state index in [1.807, 2.05) is 48.5 Å². The van der Waals surface area contributed by atoms with Crippen LogP contribution in [0.4, 0.5) is 10.7 Å². The molecule has 1 aliphatic heterocycles. The molecule has 1 aromatic heterocycles. The van der Waals surface area contributed by atoms with Crippen molar-refractivity contribution in [2.75, 3.05) is 10.6 Å². The van der Waals surface area contributed by atoms with Crippen LogP contribution >= 0.6 is 27.3 Å². The molecule has 0 saturated heterocycles. The first-order valence-corrected chi connectivity index (χ1v) is 8.96. The molecule has 0 aliphatic carbocycles. The zero-order valence-corrected chi connectivity index (χ0v) is 14.8. The van der Waals surface area contributed by atoms with Crippen LogP contribution in [0.15, 0.2) is 64.7 Å². The van der Waals surface area contributed by atoms with E-state index in [4.69, 9.17) is 0 Å². The number of anilines is 2. The Morgan fingerprint density at radius 1 is 1.17 bits per heavy atom. The van der Waals surface area contributed by atoms with Crippen LogP contribution < -0.4 is 10.6 Å². The summed E-state index contributed by atoms with van der Waals surface area (Å²) >= 11 is 4.98. The molecule has 118 valence electrons. The molecule has 0 spiro atoms. The van der Waals surface area contributed by atoms with Crippen molar-refractivity contribution >= 4 is 55.1 Å². The van der Waals surface area contributed by atoms with E-state index in [-0.39, 0.29) is 5.91 Å². The third kappa shape index (κ3) is 2.74. The number of hydrogen-bond donors (Lipinski definition) is 2. The quantitative estimate of drug-likeness (QED) is 0.621. The van der Waals surface area contributed by atoms with Gasteiger partial charge in [-0.1, -0.05) is 46.3 Å². The summed E-state index contributed by atoms with van der Waals surface area (Å²) in [5.74, 6) is -0.112. The van der Waals surface area contributed by atoms with Crippen molar-refractivity contribution in [3.63, 3.8) is 0 Å². The van der Waals surface area contributed by atoms with Crippen molar-refractivity contribution in [1.29, 1.82) is 0 Å². The summed E-state index contributed by atoms with van der Waals surface area (Å²) in [5, 5.41) is 7.19. The zero-order valence-electron chi connectivity index (χ0n) is 12.4. The van der Waals surface area contributed by atoms with Gasteiger partial charge in [-0.05, 0) is 23.8 Å². The van der Waals surface area contributed by atoms with Crippen molar-refractivity contribution in [2.45, 2.75) is 0 Å². The largest absolute Gasteiger partial charge is 0.345 e. The van der Waals surface area contributed by atoms with Crippen molar-refractivity contribution in [2.24, 2.45) is 0 Å². The van der Waals surface area contributed by atoms with Crippen molar-refractivity contribution in [3.05, 3.63) is 75.8 Å². The number of benzene rings is 2. The van der Waals surface area contributed by atoms with Gasteiger partial charge in [0.1, 0.15) is 5.00 Å². The molecular formula is C18H12BrN3OS. The minimum Gasteiger partial charge on any atom is -0.345 e. The molecule has 1 aliphatic rings. The molecule has 0 atom stereocenters. The topological polar surface area (TPSA) is 54.0 Å². The van der Waals surface area contributed by atoms with Gasteiger partial charge in [-0.25, -0.2) is 0 Å². The Bertz CT molecular complexity index is 936. The molecule has 0 fully saturated rings. The Morgan fingerprint density at radius 2 is 2.00 bits per heavy atom. The average Bonchev–Trinajstić information content (AvgIpc) is 3.20. The second-order valence-electron chi connectivity index (χ2n) is 5.25. The van der Waals surface area contributed by atoms with Gasteiger partial charge in [0, 0.05) is 15.7 Å². The number of fused-ring (bicyclic) bond motifs is 1. The summed E-state index contributed by atoms with van der Waals surface area (Å²) in [6, 6.07) is 15.6. The SMILES string of the molecule is O=C1Nc2ccc(Br)cc2/C1=C(/Nc1cncs1)c1ccccc1. The van der Waals surface area contributed by atoms with Gasteiger partial charge in [0.25, 0.3) is 5.91 Å². The van der Waals surface area contributed by atoms with Gasteiger partial charge < -0.3 is 10.6 Å². The zero-order chi connectivity index (χ0) is 16.5. The minimum atomic E-state index is -0.112. The van der Waals surface area contributed by atoms with Crippen LogP contribution in [0.25, 0.3) is 11.3 Å². The number of aromatic nitrogens is 1. The first-order valence-electron chi connectivity index (χ1n) is 7.29. The molecule has 2 N–H and O–H groups in total. The fourth-order valence-corrected chi connectivity index (χ4v) is 3.55. The highest BCUT2D eigenvalue weighted by Crippen LogP contribution is 2.39. The second kappa shape index (κ2) is 6.22. The van der Waals surface area contributed by atoms with Crippen LogP contribution in [0, 0.1) is 0 Å². The molecule has 0 bridgehead atoms. The number of thiazole rings is 1. The first-order chi connectivity index (χ1) is 11.7. The maximum atomic E-state index is 12.6. The van der Waals surface area contributed by atoms with E-state index in [1.54, 1.807) is 11.7 Å². The third-order valence-electron chi connectivity index (χ3n) is 3.72. The number of nitrogens with one attached hydrogen (secondary N) is 2. The van der Waals surface area contributed by atoms with Crippen molar-refractivity contribution in [1.82, 2.24) is 4.98 Å². The fraction of sp³-hybridized carbons (Fsp3) is 0. The standard InChI is InChI=1S/C18H12BrN3OS/c19-12-6-7-14-13(8-12)16(18(23)21-14)17(11-4-2-1-3-5-11)22-15-9-20-10-24-15/h1-10,22H,(H,21,23)/b17-16-. The highest BCUT2D eigenvalue weighted by molar-refractivity contribution is 9.10. The lowest BCUT2D eigenvalue weighted by molar-refractivity contribution is -0.110. The fourth-order valence-electron chi connectivity index (χ4n) is 2.67. The molecule has 4 nitrogen and oxygen atoms in total. The van der Waals surface area contributed by atoms with Gasteiger partial charge in [-0.2, -0.15) is 0 Å². The summed E-state index contributed by atoms with van der Waals surface area (Å²) in [7, 11) is 0. The smallest absolute Gasteiger partial charge is 0.258 e. The second-order valence-corrected chi connectivity index (χ2v) is 7.05. The van der Waals surface area contributed by atoms with E-state index >= 15 is 0 Å². The molecule has 24 heavy (non-hydrogen) atoms. The summed E-state index contributed by atoms with van der Waals surface area (Å²) in [6.07, 6.45) is 1.75. The number of carbonyl (C=O) groups excluding carboxylic acids is 1. The predicted molar refractivity (Wildman–Crippen MR) is 102 cm³/mol. The molecule has 6 heteroatoms. The molecule has 2 heterocycles. The van der Waals surface area contributed by atoms with E-state index in [0.717, 1.165) is 32.0 Å². The van der Waals surface area contributed by atoms with Crippen LogP contribution in [0.5, 0.6) is 0 Å². The summed E-state index contributed by atoms with van der Waals surface area (Å²) in [4.78, 5) is 16.7. The van der Waals surface area contributed by atoms with E-state index in [2.05, 4.69) is 31.5 Å². The van der Waals surface area contributed by atoms with Crippen LogP contribution in [-0.2, 0) is 4.79 Å². The average molecular weight is 398 g/mol. The van der Waals surface area contributed by atoms with E-state index in [9.17, 15) is 4.79 Å².